The Hall–Kier alpha value is -0.718. The predicted octanol–water partition coefficient (Wildman–Crippen LogP) is 2.35. The van der Waals surface area contributed by atoms with Gasteiger partial charge in [-0.1, -0.05) is 31.9 Å². The van der Waals surface area contributed by atoms with Crippen LogP contribution in [0.3, 0.4) is 0 Å². The molecular formula is C11H14N3Re-. The van der Waals surface area contributed by atoms with Gasteiger partial charge < -0.3 is 0 Å². The van der Waals surface area contributed by atoms with Crippen LogP contribution in [0.5, 0.6) is 0 Å². The summed E-state index contributed by atoms with van der Waals surface area (Å²) in [6.45, 7) is 6.34. The van der Waals surface area contributed by atoms with Gasteiger partial charge in [0, 0.05) is 26.6 Å². The smallest absolute Gasteiger partial charge is 0.0623 e. The number of rotatable bonds is 2. The van der Waals surface area contributed by atoms with Crippen molar-refractivity contribution in [2.75, 3.05) is 0 Å². The first-order valence-electron chi connectivity index (χ1n) is 4.95. The second-order valence-corrected chi connectivity index (χ2v) is 3.66. The minimum absolute atomic E-state index is 0. The van der Waals surface area contributed by atoms with E-state index in [4.69, 9.17) is 0 Å². The quantitative estimate of drug-likeness (QED) is 0.756. The fraction of sp³-hybridized carbons (Fsp3) is 0.455. The van der Waals surface area contributed by atoms with Crippen molar-refractivity contribution in [2.24, 2.45) is 0 Å². The van der Waals surface area contributed by atoms with Crippen molar-refractivity contribution in [1.82, 2.24) is 14.6 Å². The Balaban J connectivity index is 0.00000112. The van der Waals surface area contributed by atoms with Crippen LogP contribution in [0, 0.1) is 13.0 Å². The number of nitrogens with zero attached hydrogens (tertiary/aromatic N) is 3. The molecule has 0 bridgehead atoms. The summed E-state index contributed by atoms with van der Waals surface area (Å²) in [4.78, 5) is 4.19. The molecule has 0 aliphatic heterocycles. The molecule has 2 rings (SSSR count). The molecule has 0 saturated carbocycles. The minimum Gasteiger partial charge on any atom is -0.271 e. The summed E-state index contributed by atoms with van der Waals surface area (Å²) >= 11 is 0. The van der Waals surface area contributed by atoms with Crippen LogP contribution in [0.4, 0.5) is 0 Å². The molecule has 81 valence electrons. The van der Waals surface area contributed by atoms with E-state index in [-0.39, 0.29) is 20.4 Å². The normalized spacial score (nSPS) is 12.5. The van der Waals surface area contributed by atoms with Crippen molar-refractivity contribution in [3.63, 3.8) is 0 Å². The van der Waals surface area contributed by atoms with Crippen LogP contribution in [0.15, 0.2) is 12.3 Å². The van der Waals surface area contributed by atoms with Gasteiger partial charge in [0.05, 0.1) is 11.3 Å². The van der Waals surface area contributed by atoms with Gasteiger partial charge in [0.2, 0.25) is 0 Å². The van der Waals surface area contributed by atoms with Crippen LogP contribution in [0.25, 0.3) is 5.65 Å². The molecular weight excluding hydrogens is 360 g/mol. The molecule has 4 heteroatoms. The van der Waals surface area contributed by atoms with Gasteiger partial charge in [0.1, 0.15) is 0 Å². The van der Waals surface area contributed by atoms with Gasteiger partial charge in [0.15, 0.2) is 0 Å². The van der Waals surface area contributed by atoms with Crippen LogP contribution in [0.1, 0.15) is 37.6 Å². The zero-order valence-electron chi connectivity index (χ0n) is 9.16. The molecule has 15 heavy (non-hydrogen) atoms. The van der Waals surface area contributed by atoms with E-state index in [9.17, 15) is 0 Å². The van der Waals surface area contributed by atoms with Gasteiger partial charge in [0.25, 0.3) is 0 Å². The molecule has 3 nitrogen and oxygen atoms in total. The largest absolute Gasteiger partial charge is 0.271 e. The molecule has 0 fully saturated rings. The van der Waals surface area contributed by atoms with Crippen molar-refractivity contribution >= 4 is 5.65 Å². The number of fused-ring (bicyclic) bond motifs is 1. The second-order valence-electron chi connectivity index (χ2n) is 3.66. The number of hydrogen-bond donors (Lipinski definition) is 0. The minimum atomic E-state index is 0. The van der Waals surface area contributed by atoms with Crippen LogP contribution in [-0.4, -0.2) is 14.6 Å². The fourth-order valence-electron chi connectivity index (χ4n) is 1.39. The number of hydrogen-bond acceptors (Lipinski definition) is 2. The first kappa shape index (κ1) is 12.4. The average Bonchev–Trinajstić information content (AvgIpc) is 2.59. The maximum atomic E-state index is 4.53. The molecule has 0 saturated heterocycles. The van der Waals surface area contributed by atoms with E-state index in [0.29, 0.717) is 5.92 Å². The molecule has 1 unspecified atom stereocenters. The Labute approximate surface area is 104 Å². The maximum absolute atomic E-state index is 4.53. The summed E-state index contributed by atoms with van der Waals surface area (Å²) in [5.41, 5.74) is 2.94. The molecule has 0 aromatic carbocycles. The molecule has 1 atom stereocenters. The molecule has 0 spiro atoms. The van der Waals surface area contributed by atoms with Gasteiger partial charge in [-0.25, -0.2) is 12.1 Å². The van der Waals surface area contributed by atoms with Crippen LogP contribution < -0.4 is 0 Å². The summed E-state index contributed by atoms with van der Waals surface area (Å²) in [5.74, 6) is 0.484. The SMILES string of the molecule is CCC(C)c1c[c-]c2ncc(C)n2n1.[Re]. The fourth-order valence-corrected chi connectivity index (χ4v) is 1.39. The first-order valence-corrected chi connectivity index (χ1v) is 4.95. The summed E-state index contributed by atoms with van der Waals surface area (Å²) in [6, 6.07) is 5.09. The Bertz CT molecular complexity index is 450. The number of aromatic nitrogens is 3. The van der Waals surface area contributed by atoms with Crippen molar-refractivity contribution in [3.05, 3.63) is 29.7 Å². The summed E-state index contributed by atoms with van der Waals surface area (Å²) in [5, 5.41) is 4.53. The van der Waals surface area contributed by atoms with Gasteiger partial charge in [-0.3, -0.25) is 14.6 Å². The van der Waals surface area contributed by atoms with Crippen molar-refractivity contribution in [1.29, 1.82) is 0 Å². The maximum Gasteiger partial charge on any atom is 0.0623 e. The van der Waals surface area contributed by atoms with Gasteiger partial charge in [-0.05, 0) is 6.92 Å². The van der Waals surface area contributed by atoms with E-state index in [1.807, 2.05) is 23.7 Å². The molecule has 0 amide bonds. The number of imidazole rings is 1. The topological polar surface area (TPSA) is 30.2 Å². The molecule has 0 aliphatic carbocycles. The summed E-state index contributed by atoms with van der Waals surface area (Å²) in [7, 11) is 0. The second kappa shape index (κ2) is 4.87. The van der Waals surface area contributed by atoms with Gasteiger partial charge >= 0.3 is 0 Å². The third kappa shape index (κ3) is 2.27. The van der Waals surface area contributed by atoms with Gasteiger partial charge in [-0.15, -0.1) is 0 Å². The zero-order chi connectivity index (χ0) is 10.1. The summed E-state index contributed by atoms with van der Waals surface area (Å²) < 4.78 is 1.85. The van der Waals surface area contributed by atoms with Crippen LogP contribution >= 0.6 is 0 Å². The summed E-state index contributed by atoms with van der Waals surface area (Å²) in [6.07, 6.45) is 2.92. The van der Waals surface area contributed by atoms with Crippen molar-refractivity contribution in [2.45, 2.75) is 33.1 Å². The Morgan fingerprint density at radius 3 is 2.93 bits per heavy atom. The third-order valence-corrected chi connectivity index (χ3v) is 2.59. The number of aryl methyl sites for hydroxylation is 1. The van der Waals surface area contributed by atoms with Gasteiger partial charge in [-0.2, -0.15) is 0 Å². The van der Waals surface area contributed by atoms with E-state index in [0.717, 1.165) is 23.5 Å². The molecule has 1 radical (unpaired) electrons. The van der Waals surface area contributed by atoms with Crippen molar-refractivity contribution < 1.29 is 20.4 Å². The standard InChI is InChI=1S/C11H14N3.Re/c1-4-8(2)10-5-6-11-12-7-9(3)14(11)13-10;/h5,7-8H,4H2,1-3H3;/q-1;. The Morgan fingerprint density at radius 1 is 1.53 bits per heavy atom. The molecule has 2 aromatic rings. The predicted molar refractivity (Wildman–Crippen MR) is 55.3 cm³/mol. The molecule has 2 aromatic heterocycles. The van der Waals surface area contributed by atoms with Crippen molar-refractivity contribution in [3.8, 4) is 0 Å². The zero-order valence-corrected chi connectivity index (χ0v) is 11.9. The van der Waals surface area contributed by atoms with Crippen LogP contribution in [-0.2, 0) is 20.4 Å². The first-order chi connectivity index (χ1) is 6.72. The van der Waals surface area contributed by atoms with E-state index in [2.05, 4.69) is 30.0 Å². The Kier molecular flexibility index (Phi) is 4.01. The molecule has 0 aliphatic rings. The monoisotopic (exact) mass is 375 g/mol. The molecule has 0 N–H and O–H groups in total. The van der Waals surface area contributed by atoms with E-state index in [1.54, 1.807) is 0 Å². The Morgan fingerprint density at radius 2 is 2.27 bits per heavy atom. The van der Waals surface area contributed by atoms with E-state index >= 15 is 0 Å². The average molecular weight is 374 g/mol. The molecule has 2 heterocycles. The third-order valence-electron chi connectivity index (χ3n) is 2.59. The van der Waals surface area contributed by atoms with E-state index in [1.165, 1.54) is 0 Å². The van der Waals surface area contributed by atoms with E-state index < -0.39 is 0 Å². The van der Waals surface area contributed by atoms with Crippen LogP contribution in [0.2, 0.25) is 0 Å².